The molecule has 0 saturated heterocycles. The van der Waals surface area contributed by atoms with Gasteiger partial charge in [-0.15, -0.1) is 28.3 Å². The van der Waals surface area contributed by atoms with Crippen LogP contribution in [0.15, 0.2) is 107 Å². The SMILES string of the molecule is Br.FC(F)(F)c1cccc(N=c2scc(-c3ccc4ccccc4c3)n2CCc2ccccc2)c1. The molecule has 0 N–H and O–H groups in total. The summed E-state index contributed by atoms with van der Waals surface area (Å²) in [5.41, 5.74) is 2.83. The summed E-state index contributed by atoms with van der Waals surface area (Å²) in [6.45, 7) is 0.660. The first-order valence-corrected chi connectivity index (χ1v) is 11.8. The van der Waals surface area contributed by atoms with Crippen LogP contribution < -0.4 is 4.80 Å². The number of fused-ring (bicyclic) bond motifs is 1. The molecule has 1 aromatic heterocycles. The van der Waals surface area contributed by atoms with Crippen molar-refractivity contribution in [1.82, 2.24) is 4.57 Å². The summed E-state index contributed by atoms with van der Waals surface area (Å²) >= 11 is 1.43. The quantitative estimate of drug-likeness (QED) is 0.207. The van der Waals surface area contributed by atoms with Gasteiger partial charge in [-0.1, -0.05) is 72.8 Å². The molecule has 0 aliphatic carbocycles. The molecule has 5 rings (SSSR count). The highest BCUT2D eigenvalue weighted by molar-refractivity contribution is 8.93. The Balaban J connectivity index is 0.00000289. The molecule has 178 valence electrons. The van der Waals surface area contributed by atoms with Crippen LogP contribution in [0.25, 0.3) is 22.0 Å². The van der Waals surface area contributed by atoms with Crippen LogP contribution in [-0.2, 0) is 19.1 Å². The van der Waals surface area contributed by atoms with Crippen molar-refractivity contribution in [3.8, 4) is 11.3 Å². The van der Waals surface area contributed by atoms with E-state index < -0.39 is 11.7 Å². The van der Waals surface area contributed by atoms with E-state index in [1.807, 2.05) is 35.7 Å². The lowest BCUT2D eigenvalue weighted by Crippen LogP contribution is -2.17. The molecule has 0 amide bonds. The number of aryl methyl sites for hydroxylation is 1. The van der Waals surface area contributed by atoms with Crippen LogP contribution in [-0.4, -0.2) is 4.57 Å². The van der Waals surface area contributed by atoms with Gasteiger partial charge in [-0.3, -0.25) is 0 Å². The van der Waals surface area contributed by atoms with Crippen molar-refractivity contribution in [2.45, 2.75) is 19.1 Å². The molecule has 7 heteroatoms. The molecule has 35 heavy (non-hydrogen) atoms. The van der Waals surface area contributed by atoms with Gasteiger partial charge in [-0.2, -0.15) is 13.2 Å². The third-order valence-corrected chi connectivity index (χ3v) is 6.57. The molecule has 5 aromatic rings. The van der Waals surface area contributed by atoms with Crippen LogP contribution in [0.1, 0.15) is 11.1 Å². The molecule has 1 heterocycles. The summed E-state index contributed by atoms with van der Waals surface area (Å²) in [6.07, 6.45) is -3.62. The van der Waals surface area contributed by atoms with Gasteiger partial charge in [0.05, 0.1) is 16.9 Å². The molecule has 0 aliphatic heterocycles. The van der Waals surface area contributed by atoms with E-state index in [-0.39, 0.29) is 22.7 Å². The van der Waals surface area contributed by atoms with Crippen LogP contribution in [0.5, 0.6) is 0 Å². The third kappa shape index (κ3) is 5.74. The van der Waals surface area contributed by atoms with E-state index >= 15 is 0 Å². The fraction of sp³-hybridized carbons (Fsp3) is 0.107. The topological polar surface area (TPSA) is 17.3 Å². The molecule has 2 nitrogen and oxygen atoms in total. The fourth-order valence-corrected chi connectivity index (χ4v) is 4.92. The number of hydrogen-bond donors (Lipinski definition) is 0. The summed E-state index contributed by atoms with van der Waals surface area (Å²) in [4.78, 5) is 5.28. The summed E-state index contributed by atoms with van der Waals surface area (Å²) in [6, 6.07) is 29.8. The minimum atomic E-state index is -4.40. The molecule has 0 radical (unpaired) electrons. The second-order valence-electron chi connectivity index (χ2n) is 8.01. The number of aromatic nitrogens is 1. The van der Waals surface area contributed by atoms with Gasteiger partial charge < -0.3 is 4.57 Å². The molecule has 0 unspecified atom stereocenters. The molecular formula is C28H22BrF3N2S. The Morgan fingerprint density at radius 2 is 1.51 bits per heavy atom. The second-order valence-corrected chi connectivity index (χ2v) is 8.85. The van der Waals surface area contributed by atoms with Crippen molar-refractivity contribution in [2.75, 3.05) is 0 Å². The molecule has 0 aliphatic rings. The predicted molar refractivity (Wildman–Crippen MR) is 142 cm³/mol. The largest absolute Gasteiger partial charge is 0.416 e. The van der Waals surface area contributed by atoms with Crippen LogP contribution >= 0.6 is 28.3 Å². The number of rotatable bonds is 5. The third-order valence-electron chi connectivity index (χ3n) is 5.71. The molecule has 0 saturated carbocycles. The highest BCUT2D eigenvalue weighted by atomic mass is 79.9. The molecule has 4 aromatic carbocycles. The zero-order valence-electron chi connectivity index (χ0n) is 18.6. The predicted octanol–water partition coefficient (Wildman–Crippen LogP) is 8.44. The van der Waals surface area contributed by atoms with Gasteiger partial charge in [0.15, 0.2) is 4.80 Å². The molecular weight excluding hydrogens is 533 g/mol. The lowest BCUT2D eigenvalue weighted by atomic mass is 10.1. The maximum atomic E-state index is 13.2. The first-order valence-electron chi connectivity index (χ1n) is 10.9. The van der Waals surface area contributed by atoms with Crippen LogP contribution in [0, 0.1) is 0 Å². The van der Waals surface area contributed by atoms with E-state index in [4.69, 9.17) is 0 Å². The normalized spacial score (nSPS) is 12.0. The van der Waals surface area contributed by atoms with Crippen LogP contribution in [0.3, 0.4) is 0 Å². The molecule has 0 bridgehead atoms. The fourth-order valence-electron chi connectivity index (χ4n) is 3.96. The number of halogens is 4. The lowest BCUT2D eigenvalue weighted by Gasteiger charge is -2.11. The zero-order chi connectivity index (χ0) is 23.5. The van der Waals surface area contributed by atoms with E-state index in [9.17, 15) is 13.2 Å². The van der Waals surface area contributed by atoms with E-state index in [0.29, 0.717) is 11.3 Å². The standard InChI is InChI=1S/C28H21F3N2S.BrH/c29-28(30,31)24-11-6-12-25(18-24)32-27-33(16-15-20-7-2-1-3-8-20)26(19-34-27)23-14-13-21-9-4-5-10-22(21)17-23;/h1-14,17-19H,15-16H2;1H. The van der Waals surface area contributed by atoms with Crippen LogP contribution in [0.4, 0.5) is 18.9 Å². The molecule has 0 atom stereocenters. The lowest BCUT2D eigenvalue weighted by molar-refractivity contribution is -0.137. The Kier molecular flexibility index (Phi) is 7.57. The van der Waals surface area contributed by atoms with Crippen molar-refractivity contribution < 1.29 is 13.2 Å². The van der Waals surface area contributed by atoms with Crippen LogP contribution in [0.2, 0.25) is 0 Å². The monoisotopic (exact) mass is 554 g/mol. The maximum Gasteiger partial charge on any atom is 0.416 e. The number of benzene rings is 4. The minimum Gasteiger partial charge on any atom is -0.316 e. The van der Waals surface area contributed by atoms with E-state index in [0.717, 1.165) is 40.6 Å². The van der Waals surface area contributed by atoms with Gasteiger partial charge in [0, 0.05) is 11.9 Å². The molecule has 0 spiro atoms. The Labute approximate surface area is 215 Å². The summed E-state index contributed by atoms with van der Waals surface area (Å²) < 4.78 is 41.7. The average Bonchev–Trinajstić information content (AvgIpc) is 3.25. The Morgan fingerprint density at radius 1 is 0.771 bits per heavy atom. The van der Waals surface area contributed by atoms with Gasteiger partial charge in [0.25, 0.3) is 0 Å². The number of thiazole rings is 1. The van der Waals surface area contributed by atoms with Crippen molar-refractivity contribution in [3.63, 3.8) is 0 Å². The number of nitrogens with zero attached hydrogens (tertiary/aromatic N) is 2. The van der Waals surface area contributed by atoms with Gasteiger partial charge in [0.1, 0.15) is 0 Å². The van der Waals surface area contributed by atoms with Gasteiger partial charge in [-0.25, -0.2) is 4.99 Å². The van der Waals surface area contributed by atoms with Crippen molar-refractivity contribution >= 4 is 44.8 Å². The smallest absolute Gasteiger partial charge is 0.316 e. The van der Waals surface area contributed by atoms with Gasteiger partial charge in [0.2, 0.25) is 0 Å². The zero-order valence-corrected chi connectivity index (χ0v) is 21.1. The number of hydrogen-bond acceptors (Lipinski definition) is 2. The minimum absolute atomic E-state index is 0. The average molecular weight is 555 g/mol. The van der Waals surface area contributed by atoms with E-state index in [1.165, 1.54) is 23.0 Å². The van der Waals surface area contributed by atoms with Gasteiger partial charge >= 0.3 is 6.18 Å². The van der Waals surface area contributed by atoms with Crippen molar-refractivity contribution in [3.05, 3.63) is 118 Å². The summed E-state index contributed by atoms with van der Waals surface area (Å²) in [5.74, 6) is 0. The number of alkyl halides is 3. The summed E-state index contributed by atoms with van der Waals surface area (Å²) in [7, 11) is 0. The maximum absolute atomic E-state index is 13.2. The molecule has 0 fully saturated rings. The van der Waals surface area contributed by atoms with E-state index in [2.05, 4.69) is 52.0 Å². The van der Waals surface area contributed by atoms with Crippen molar-refractivity contribution in [2.24, 2.45) is 4.99 Å². The van der Waals surface area contributed by atoms with Gasteiger partial charge in [-0.05, 0) is 52.6 Å². The Bertz CT molecular complexity index is 1500. The van der Waals surface area contributed by atoms with E-state index in [1.54, 1.807) is 6.07 Å². The van der Waals surface area contributed by atoms with Crippen molar-refractivity contribution in [1.29, 1.82) is 0 Å². The highest BCUT2D eigenvalue weighted by Crippen LogP contribution is 2.31. The Hall–Kier alpha value is -3.16. The second kappa shape index (κ2) is 10.6. The summed E-state index contributed by atoms with van der Waals surface area (Å²) in [5, 5.41) is 4.32. The highest BCUT2D eigenvalue weighted by Gasteiger charge is 2.30. The Morgan fingerprint density at radius 3 is 2.29 bits per heavy atom. The first-order chi connectivity index (χ1) is 16.5. The first kappa shape index (κ1) is 24.9.